The lowest BCUT2D eigenvalue weighted by Crippen LogP contribution is -2.36. The topological polar surface area (TPSA) is 29.5 Å². The van der Waals surface area contributed by atoms with Gasteiger partial charge in [0.1, 0.15) is 5.75 Å². The minimum atomic E-state index is -2.59. The molecule has 0 radical (unpaired) electrons. The number of alkyl halides is 3. The Morgan fingerprint density at radius 2 is 2.21 bits per heavy atom. The first-order valence-electron chi connectivity index (χ1n) is 5.46. The molecule has 0 aliphatic carbocycles. The van der Waals surface area contributed by atoms with E-state index in [2.05, 4.69) is 15.9 Å². The molecule has 0 aliphatic rings. The predicted octanol–water partition coefficient (Wildman–Crippen LogP) is 3.40. The zero-order valence-electron chi connectivity index (χ0n) is 10.2. The number of amides is 1. The van der Waals surface area contributed by atoms with E-state index >= 15 is 0 Å². The summed E-state index contributed by atoms with van der Waals surface area (Å²) in [4.78, 5) is 13.1. The van der Waals surface area contributed by atoms with E-state index in [1.54, 1.807) is 6.07 Å². The van der Waals surface area contributed by atoms with E-state index in [9.17, 15) is 13.6 Å². The Kier molecular flexibility index (Phi) is 6.51. The molecule has 3 nitrogen and oxygen atoms in total. The van der Waals surface area contributed by atoms with Crippen molar-refractivity contribution in [2.75, 3.05) is 26.1 Å². The fourth-order valence-electron chi connectivity index (χ4n) is 1.53. The molecule has 0 spiro atoms. The summed E-state index contributed by atoms with van der Waals surface area (Å²) in [7, 11) is 1.50. The highest BCUT2D eigenvalue weighted by Gasteiger charge is 2.20. The molecule has 1 amide bonds. The lowest BCUT2D eigenvalue weighted by Gasteiger charge is -2.21. The predicted molar refractivity (Wildman–Crippen MR) is 73.3 cm³/mol. The molecule has 106 valence electrons. The van der Waals surface area contributed by atoms with E-state index in [1.807, 2.05) is 0 Å². The standard InChI is InChI=1S/C12H13BrClF2NO2/c1-19-10-3-2-8(6-9(10)13)12(18)17(5-4-14)7-11(15)16/h2-3,6,11H,4-5,7H2,1H3. The maximum atomic E-state index is 12.4. The van der Waals surface area contributed by atoms with Crippen LogP contribution in [0.3, 0.4) is 0 Å². The van der Waals surface area contributed by atoms with E-state index in [0.717, 1.165) is 4.90 Å². The van der Waals surface area contributed by atoms with E-state index in [4.69, 9.17) is 16.3 Å². The first kappa shape index (κ1) is 16.2. The summed E-state index contributed by atoms with van der Waals surface area (Å²) >= 11 is 8.77. The van der Waals surface area contributed by atoms with Gasteiger partial charge in [0.2, 0.25) is 0 Å². The first-order chi connectivity index (χ1) is 8.99. The number of carbonyl (C=O) groups is 1. The quantitative estimate of drug-likeness (QED) is 0.731. The van der Waals surface area contributed by atoms with Crippen molar-refractivity contribution in [3.05, 3.63) is 28.2 Å². The van der Waals surface area contributed by atoms with Gasteiger partial charge < -0.3 is 9.64 Å². The average molecular weight is 357 g/mol. The van der Waals surface area contributed by atoms with Crippen LogP contribution in [0.5, 0.6) is 5.75 Å². The second-order valence-corrected chi connectivity index (χ2v) is 4.91. The van der Waals surface area contributed by atoms with Crippen LogP contribution in [0, 0.1) is 0 Å². The first-order valence-corrected chi connectivity index (χ1v) is 6.79. The molecule has 0 saturated heterocycles. The van der Waals surface area contributed by atoms with Gasteiger partial charge in [-0.3, -0.25) is 4.79 Å². The summed E-state index contributed by atoms with van der Waals surface area (Å²) in [6.45, 7) is -0.552. The van der Waals surface area contributed by atoms with Crippen LogP contribution >= 0.6 is 27.5 Å². The van der Waals surface area contributed by atoms with Gasteiger partial charge in [-0.2, -0.15) is 0 Å². The molecule has 7 heteroatoms. The molecule has 0 N–H and O–H groups in total. The van der Waals surface area contributed by atoms with E-state index in [-0.39, 0.29) is 12.4 Å². The van der Waals surface area contributed by atoms with E-state index in [1.165, 1.54) is 19.2 Å². The second-order valence-electron chi connectivity index (χ2n) is 3.68. The molecule has 0 heterocycles. The van der Waals surface area contributed by atoms with Gasteiger partial charge in [-0.15, -0.1) is 11.6 Å². The maximum absolute atomic E-state index is 12.4. The lowest BCUT2D eigenvalue weighted by molar-refractivity contribution is 0.0571. The van der Waals surface area contributed by atoms with E-state index < -0.39 is 18.9 Å². The summed E-state index contributed by atoms with van der Waals surface area (Å²) in [5, 5.41) is 0. The number of hydrogen-bond donors (Lipinski definition) is 0. The second kappa shape index (κ2) is 7.65. The van der Waals surface area contributed by atoms with Gasteiger partial charge in [-0.1, -0.05) is 0 Å². The highest BCUT2D eigenvalue weighted by molar-refractivity contribution is 9.10. The Morgan fingerprint density at radius 1 is 1.53 bits per heavy atom. The minimum Gasteiger partial charge on any atom is -0.496 e. The molecule has 0 aliphatic heterocycles. The highest BCUT2D eigenvalue weighted by Crippen LogP contribution is 2.26. The number of halogens is 4. The monoisotopic (exact) mass is 355 g/mol. The molecule has 1 aromatic carbocycles. The molecule has 1 rings (SSSR count). The molecule has 1 aromatic rings. The van der Waals surface area contributed by atoms with Crippen LogP contribution in [0.15, 0.2) is 22.7 Å². The lowest BCUT2D eigenvalue weighted by atomic mass is 10.2. The Bertz CT molecular complexity index is 446. The summed E-state index contributed by atoms with van der Waals surface area (Å²) in [5.41, 5.74) is 0.304. The number of ether oxygens (including phenoxy) is 1. The SMILES string of the molecule is COc1ccc(C(=O)N(CCCl)CC(F)F)cc1Br. The minimum absolute atomic E-state index is 0.0778. The summed E-state index contributed by atoms with van der Waals surface area (Å²) < 4.78 is 30.5. The van der Waals surface area contributed by atoms with Crippen LogP contribution in [0.25, 0.3) is 0 Å². The molecule has 0 unspecified atom stereocenters. The summed E-state index contributed by atoms with van der Waals surface area (Å²) in [6, 6.07) is 4.66. The van der Waals surface area contributed by atoms with Crippen LogP contribution in [0.1, 0.15) is 10.4 Å². The van der Waals surface area contributed by atoms with Crippen molar-refractivity contribution in [3.8, 4) is 5.75 Å². The van der Waals surface area contributed by atoms with Gasteiger partial charge in [0.15, 0.2) is 0 Å². The van der Waals surface area contributed by atoms with Crippen molar-refractivity contribution in [2.24, 2.45) is 0 Å². The molecule has 0 fully saturated rings. The largest absolute Gasteiger partial charge is 0.496 e. The van der Waals surface area contributed by atoms with Crippen molar-refractivity contribution >= 4 is 33.4 Å². The Hall–Kier alpha value is -0.880. The number of methoxy groups -OCH3 is 1. The normalized spacial score (nSPS) is 10.6. The van der Waals surface area contributed by atoms with Gasteiger partial charge in [0.05, 0.1) is 18.1 Å². The Labute approximate surface area is 123 Å². The van der Waals surface area contributed by atoms with Crippen LogP contribution < -0.4 is 4.74 Å². The fraction of sp³-hybridized carbons (Fsp3) is 0.417. The number of rotatable bonds is 6. The molecule has 19 heavy (non-hydrogen) atoms. The molecule has 0 atom stereocenters. The number of carbonyl (C=O) groups excluding carboxylic acids is 1. The van der Waals surface area contributed by atoms with Crippen molar-refractivity contribution in [3.63, 3.8) is 0 Å². The van der Waals surface area contributed by atoms with Gasteiger partial charge in [0, 0.05) is 18.0 Å². The zero-order valence-corrected chi connectivity index (χ0v) is 12.5. The van der Waals surface area contributed by atoms with Crippen LogP contribution in [-0.4, -0.2) is 43.3 Å². The van der Waals surface area contributed by atoms with Crippen molar-refractivity contribution in [1.82, 2.24) is 4.90 Å². The molecular formula is C12H13BrClF2NO2. The molecule has 0 aromatic heterocycles. The Morgan fingerprint density at radius 3 is 2.68 bits per heavy atom. The molecule has 0 bridgehead atoms. The number of hydrogen-bond acceptors (Lipinski definition) is 2. The summed E-state index contributed by atoms with van der Waals surface area (Å²) in [6.07, 6.45) is -2.59. The molecule has 0 saturated carbocycles. The van der Waals surface area contributed by atoms with Gasteiger partial charge in [-0.25, -0.2) is 8.78 Å². The third kappa shape index (κ3) is 4.62. The van der Waals surface area contributed by atoms with Crippen LogP contribution in [0.4, 0.5) is 8.78 Å². The third-order valence-corrected chi connectivity index (χ3v) is 3.19. The number of nitrogens with zero attached hydrogens (tertiary/aromatic N) is 1. The van der Waals surface area contributed by atoms with Gasteiger partial charge >= 0.3 is 0 Å². The van der Waals surface area contributed by atoms with Crippen LogP contribution in [0.2, 0.25) is 0 Å². The Balaban J connectivity index is 2.92. The zero-order chi connectivity index (χ0) is 14.4. The number of benzene rings is 1. The van der Waals surface area contributed by atoms with Crippen molar-refractivity contribution < 1.29 is 18.3 Å². The highest BCUT2D eigenvalue weighted by atomic mass is 79.9. The van der Waals surface area contributed by atoms with Crippen molar-refractivity contribution in [2.45, 2.75) is 6.43 Å². The summed E-state index contributed by atoms with van der Waals surface area (Å²) in [5.74, 6) is 0.189. The van der Waals surface area contributed by atoms with Gasteiger partial charge in [-0.05, 0) is 34.1 Å². The van der Waals surface area contributed by atoms with Crippen molar-refractivity contribution in [1.29, 1.82) is 0 Å². The smallest absolute Gasteiger partial charge is 0.255 e. The molecular weight excluding hydrogens is 343 g/mol. The maximum Gasteiger partial charge on any atom is 0.255 e. The van der Waals surface area contributed by atoms with Gasteiger partial charge in [0.25, 0.3) is 12.3 Å². The fourth-order valence-corrected chi connectivity index (χ4v) is 2.27. The average Bonchev–Trinajstić information content (AvgIpc) is 2.36. The third-order valence-electron chi connectivity index (χ3n) is 2.40. The van der Waals surface area contributed by atoms with E-state index in [0.29, 0.717) is 15.8 Å². The van der Waals surface area contributed by atoms with Crippen LogP contribution in [-0.2, 0) is 0 Å².